The fourth-order valence-corrected chi connectivity index (χ4v) is 1.67. The average molecular weight is 260 g/mol. The zero-order valence-electron chi connectivity index (χ0n) is 9.99. The molecule has 0 radical (unpaired) electrons. The maximum Gasteiger partial charge on any atom is 0.163 e. The summed E-state index contributed by atoms with van der Waals surface area (Å²) in [5, 5.41) is 0. The Kier molecular flexibility index (Phi) is 6.84. The van der Waals surface area contributed by atoms with E-state index in [4.69, 9.17) is 4.55 Å². The Balaban J connectivity index is 0.000000771. The van der Waals surface area contributed by atoms with Crippen LogP contribution in [0.1, 0.15) is 22.3 Å². The molecule has 0 unspecified atom stereocenters. The highest BCUT2D eigenvalue weighted by molar-refractivity contribution is 7.74. The van der Waals surface area contributed by atoms with Crippen LogP contribution >= 0.6 is 12.9 Å². The molecule has 0 fully saturated rings. The standard InChI is InChI=1S/C15H14O.H2OS/c16-15(14-9-5-2-6-10-14)12-11-13-7-3-1-4-8-13;1-2/h1-10H,11-12H2;1-2H. The molecule has 0 aliphatic heterocycles. The highest BCUT2D eigenvalue weighted by atomic mass is 32.1. The van der Waals surface area contributed by atoms with Gasteiger partial charge in [0.25, 0.3) is 0 Å². The Bertz CT molecular complexity index is 454. The molecule has 2 aromatic rings. The molecule has 0 saturated heterocycles. The number of aryl methyl sites for hydroxylation is 1. The lowest BCUT2D eigenvalue weighted by atomic mass is 10.0. The molecule has 2 nitrogen and oxygen atoms in total. The fourth-order valence-electron chi connectivity index (χ4n) is 1.67. The molecular weight excluding hydrogens is 244 g/mol. The SMILES string of the molecule is O=C(CCc1ccccc1)c1ccccc1.OS. The van der Waals surface area contributed by atoms with Crippen molar-refractivity contribution in [2.24, 2.45) is 0 Å². The molecule has 0 spiro atoms. The lowest BCUT2D eigenvalue weighted by molar-refractivity contribution is 0.0983. The van der Waals surface area contributed by atoms with Gasteiger partial charge in [-0.1, -0.05) is 60.7 Å². The Labute approximate surface area is 113 Å². The molecule has 0 amide bonds. The molecule has 0 heterocycles. The summed E-state index contributed by atoms with van der Waals surface area (Å²) in [6.45, 7) is 0. The second kappa shape index (κ2) is 8.50. The molecule has 0 atom stereocenters. The van der Waals surface area contributed by atoms with E-state index >= 15 is 0 Å². The third-order valence-electron chi connectivity index (χ3n) is 2.58. The summed E-state index contributed by atoms with van der Waals surface area (Å²) in [5.41, 5.74) is 2.02. The van der Waals surface area contributed by atoms with Crippen LogP contribution < -0.4 is 0 Å². The molecule has 0 saturated carbocycles. The summed E-state index contributed by atoms with van der Waals surface area (Å²) in [4.78, 5) is 11.8. The van der Waals surface area contributed by atoms with Gasteiger partial charge in [-0.2, -0.15) is 0 Å². The number of hydrogen-bond acceptors (Lipinski definition) is 3. The Morgan fingerprint density at radius 3 is 1.94 bits per heavy atom. The molecular formula is C15H16O2S. The van der Waals surface area contributed by atoms with Crippen molar-refractivity contribution < 1.29 is 9.35 Å². The normalized spacial score (nSPS) is 9.22. The van der Waals surface area contributed by atoms with E-state index in [2.05, 4.69) is 25.0 Å². The van der Waals surface area contributed by atoms with Crippen LogP contribution in [0, 0.1) is 0 Å². The van der Waals surface area contributed by atoms with Gasteiger partial charge in [-0.05, 0) is 24.9 Å². The van der Waals surface area contributed by atoms with Gasteiger partial charge in [0.15, 0.2) is 5.78 Å². The third kappa shape index (κ3) is 4.73. The van der Waals surface area contributed by atoms with Crippen LogP contribution in [-0.4, -0.2) is 10.3 Å². The van der Waals surface area contributed by atoms with Gasteiger partial charge in [0.2, 0.25) is 0 Å². The van der Waals surface area contributed by atoms with Crippen LogP contribution in [0.25, 0.3) is 0 Å². The van der Waals surface area contributed by atoms with Crippen LogP contribution in [-0.2, 0) is 6.42 Å². The fraction of sp³-hybridized carbons (Fsp3) is 0.133. The third-order valence-corrected chi connectivity index (χ3v) is 2.58. The van der Waals surface area contributed by atoms with Gasteiger partial charge in [0.05, 0.1) is 0 Å². The highest BCUT2D eigenvalue weighted by Crippen LogP contribution is 2.08. The van der Waals surface area contributed by atoms with Crippen LogP contribution in [0.5, 0.6) is 0 Å². The summed E-state index contributed by atoms with van der Waals surface area (Å²) in [6.07, 6.45) is 1.39. The number of hydrogen-bond donors (Lipinski definition) is 2. The van der Waals surface area contributed by atoms with E-state index in [9.17, 15) is 4.79 Å². The lowest BCUT2D eigenvalue weighted by Crippen LogP contribution is -2.00. The second-order valence-corrected chi connectivity index (χ2v) is 3.77. The first kappa shape index (κ1) is 14.5. The number of rotatable bonds is 4. The lowest BCUT2D eigenvalue weighted by Gasteiger charge is -2.01. The number of carbonyl (C=O) groups is 1. The Morgan fingerprint density at radius 1 is 0.889 bits per heavy atom. The summed E-state index contributed by atoms with van der Waals surface area (Å²) in [7, 11) is 0. The van der Waals surface area contributed by atoms with E-state index in [1.165, 1.54) is 5.56 Å². The van der Waals surface area contributed by atoms with E-state index in [1.807, 2.05) is 48.5 Å². The zero-order valence-corrected chi connectivity index (χ0v) is 10.9. The van der Waals surface area contributed by atoms with Gasteiger partial charge in [0.1, 0.15) is 0 Å². The van der Waals surface area contributed by atoms with E-state index in [0.29, 0.717) is 6.42 Å². The van der Waals surface area contributed by atoms with Crippen molar-refractivity contribution in [3.63, 3.8) is 0 Å². The minimum Gasteiger partial charge on any atom is -0.333 e. The van der Waals surface area contributed by atoms with Crippen molar-refractivity contribution in [1.82, 2.24) is 0 Å². The maximum atomic E-state index is 11.8. The van der Waals surface area contributed by atoms with Crippen molar-refractivity contribution in [2.45, 2.75) is 12.8 Å². The van der Waals surface area contributed by atoms with Gasteiger partial charge in [-0.15, -0.1) is 0 Å². The van der Waals surface area contributed by atoms with Gasteiger partial charge >= 0.3 is 0 Å². The van der Waals surface area contributed by atoms with E-state index in [-0.39, 0.29) is 5.78 Å². The van der Waals surface area contributed by atoms with Crippen LogP contribution in [0.4, 0.5) is 0 Å². The second-order valence-electron chi connectivity index (χ2n) is 3.77. The smallest absolute Gasteiger partial charge is 0.163 e. The first-order valence-electron chi connectivity index (χ1n) is 5.68. The minimum atomic E-state index is 0.212. The molecule has 0 bridgehead atoms. The van der Waals surface area contributed by atoms with Gasteiger partial charge in [-0.3, -0.25) is 4.79 Å². The highest BCUT2D eigenvalue weighted by Gasteiger charge is 2.04. The van der Waals surface area contributed by atoms with E-state index in [0.717, 1.165) is 12.0 Å². The predicted molar refractivity (Wildman–Crippen MR) is 77.2 cm³/mol. The van der Waals surface area contributed by atoms with Gasteiger partial charge < -0.3 is 4.55 Å². The summed E-state index contributed by atoms with van der Waals surface area (Å²) in [5.74, 6) is 0.212. The number of Topliss-reactive ketones (excluding diaryl/α,β-unsaturated/α-hetero) is 1. The summed E-state index contributed by atoms with van der Waals surface area (Å²) < 4.78 is 6.69. The van der Waals surface area contributed by atoms with E-state index in [1.54, 1.807) is 0 Å². The molecule has 3 heteroatoms. The summed E-state index contributed by atoms with van der Waals surface area (Å²) >= 11 is 2.53. The van der Waals surface area contributed by atoms with Crippen molar-refractivity contribution in [3.8, 4) is 0 Å². The van der Waals surface area contributed by atoms with Crippen LogP contribution in [0.3, 0.4) is 0 Å². The summed E-state index contributed by atoms with van der Waals surface area (Å²) in [6, 6.07) is 19.6. The molecule has 1 N–H and O–H groups in total. The average Bonchev–Trinajstić information content (AvgIpc) is 2.49. The number of benzene rings is 2. The number of carbonyl (C=O) groups excluding carboxylic acids is 1. The van der Waals surface area contributed by atoms with Gasteiger partial charge in [-0.25, -0.2) is 0 Å². The minimum absolute atomic E-state index is 0.212. The van der Waals surface area contributed by atoms with Gasteiger partial charge in [0, 0.05) is 12.0 Å². The molecule has 2 rings (SSSR count). The van der Waals surface area contributed by atoms with Crippen molar-refractivity contribution in [3.05, 3.63) is 71.8 Å². The zero-order chi connectivity index (χ0) is 13.2. The molecule has 2 aromatic carbocycles. The molecule has 0 aliphatic carbocycles. The number of thiol groups is 1. The number of ketones is 1. The van der Waals surface area contributed by atoms with Crippen molar-refractivity contribution >= 4 is 18.7 Å². The maximum absolute atomic E-state index is 11.8. The molecule has 18 heavy (non-hydrogen) atoms. The first-order chi connectivity index (χ1) is 8.86. The molecule has 94 valence electrons. The van der Waals surface area contributed by atoms with Crippen molar-refractivity contribution in [1.29, 1.82) is 0 Å². The quantitative estimate of drug-likeness (QED) is 0.497. The van der Waals surface area contributed by atoms with E-state index < -0.39 is 0 Å². The predicted octanol–water partition coefficient (Wildman–Crippen LogP) is 3.89. The van der Waals surface area contributed by atoms with Crippen LogP contribution in [0.15, 0.2) is 60.7 Å². The Hall–Kier alpha value is -1.58. The topological polar surface area (TPSA) is 37.3 Å². The first-order valence-corrected chi connectivity index (χ1v) is 6.08. The van der Waals surface area contributed by atoms with Crippen LogP contribution in [0.2, 0.25) is 0 Å². The van der Waals surface area contributed by atoms with Crippen molar-refractivity contribution in [2.75, 3.05) is 0 Å². The largest absolute Gasteiger partial charge is 0.333 e. The molecule has 0 aromatic heterocycles. The monoisotopic (exact) mass is 260 g/mol. The Morgan fingerprint density at radius 2 is 1.39 bits per heavy atom. The molecule has 0 aliphatic rings.